The Morgan fingerprint density at radius 2 is 0.373 bits per heavy atom. The smallest absolute Gasteiger partial charge is 0.318 e. The maximum Gasteiger partial charge on any atom is 0.318 e. The van der Waals surface area contributed by atoms with E-state index in [0.29, 0.717) is 0 Å². The van der Waals surface area contributed by atoms with E-state index in [0.717, 1.165) is 0 Å². The molecule has 0 radical (unpaired) electrons. The van der Waals surface area contributed by atoms with Gasteiger partial charge >= 0.3 is 35.8 Å². The predicted octanol–water partition coefficient (Wildman–Crippen LogP) is 2.62. The molecule has 10 N–H and O–H groups in total. The number of aliphatic carboxylic acids is 6. The van der Waals surface area contributed by atoms with Crippen LogP contribution in [0.3, 0.4) is 0 Å². The molecule has 0 aliphatic heterocycles. The summed E-state index contributed by atoms with van der Waals surface area (Å²) < 4.78 is -5.33. The third-order valence-electron chi connectivity index (χ3n) is 4.48. The highest BCUT2D eigenvalue weighted by atomic mass is 32.1. The molecule has 0 saturated heterocycles. The molecular weight excluding hydrogens is 797 g/mol. The first-order valence-electron chi connectivity index (χ1n) is 14.1. The molecule has 0 atom stereocenters. The highest BCUT2D eigenvalue weighted by molar-refractivity contribution is 7.83. The van der Waals surface area contributed by atoms with Crippen molar-refractivity contribution in [2.45, 2.75) is 112 Å². The molecular formula is C29H60O16S6. The predicted molar refractivity (Wildman–Crippen MR) is 215 cm³/mol. The maximum absolute atomic E-state index is 9.94. The number of aliphatic hydroxyl groups excluding tert-OH is 4. The van der Waals surface area contributed by atoms with Gasteiger partial charge < -0.3 is 51.1 Å². The van der Waals surface area contributed by atoms with Crippen LogP contribution in [-0.4, -0.2) is 142 Å². The third kappa shape index (κ3) is 48.8. The Labute approximate surface area is 333 Å². The van der Waals surface area contributed by atoms with E-state index in [4.69, 9.17) is 51.1 Å². The molecule has 0 unspecified atom stereocenters. The van der Waals surface area contributed by atoms with E-state index in [-0.39, 0.29) is 0 Å². The van der Waals surface area contributed by atoms with Gasteiger partial charge in [-0.1, -0.05) is 0 Å². The van der Waals surface area contributed by atoms with Gasteiger partial charge in [-0.25, -0.2) is 0 Å². The summed E-state index contributed by atoms with van der Waals surface area (Å²) in [5.74, 6) is -5.36. The standard InChI is InChI=1S/C5H12O4.6C4H8O2S/c6-1-5(2-7,3-8)4-9;6*1-4(2,7)3(5)6/h6-9H,1-4H2;6*7H,1-2H3,(H,5,6). The summed E-state index contributed by atoms with van der Waals surface area (Å²) in [6.07, 6.45) is 0. The zero-order valence-corrected chi connectivity index (χ0v) is 36.3. The van der Waals surface area contributed by atoms with Crippen LogP contribution in [0.5, 0.6) is 0 Å². The Balaban J connectivity index is -0.0000000888. The molecule has 0 aliphatic carbocycles. The van der Waals surface area contributed by atoms with E-state index in [1.54, 1.807) is 0 Å². The fourth-order valence-electron chi connectivity index (χ4n) is 0.300. The van der Waals surface area contributed by atoms with Crippen LogP contribution in [0.2, 0.25) is 0 Å². The van der Waals surface area contributed by atoms with Crippen molar-refractivity contribution in [3.8, 4) is 0 Å². The van der Waals surface area contributed by atoms with Crippen LogP contribution in [0.1, 0.15) is 83.1 Å². The van der Waals surface area contributed by atoms with Crippen molar-refractivity contribution < 1.29 is 79.8 Å². The fraction of sp³-hybridized carbons (Fsp3) is 0.793. The van der Waals surface area contributed by atoms with Gasteiger partial charge in [0.05, 0.1) is 31.8 Å². The molecule has 0 aromatic carbocycles. The van der Waals surface area contributed by atoms with Crippen LogP contribution in [-0.2, 0) is 28.8 Å². The van der Waals surface area contributed by atoms with Crippen LogP contribution >= 0.6 is 75.8 Å². The third-order valence-corrected chi connectivity index (χ3v) is 5.63. The van der Waals surface area contributed by atoms with Crippen molar-refractivity contribution in [3.05, 3.63) is 0 Å². The first-order valence-corrected chi connectivity index (χ1v) is 16.8. The molecule has 308 valence electrons. The lowest BCUT2D eigenvalue weighted by atomic mass is 9.93. The number of carboxylic acids is 6. The monoisotopic (exact) mass is 856 g/mol. The van der Waals surface area contributed by atoms with Gasteiger partial charge in [0.15, 0.2) is 0 Å². The molecule has 0 saturated carbocycles. The minimum Gasteiger partial charge on any atom is -0.480 e. The Morgan fingerprint density at radius 3 is 0.373 bits per heavy atom. The first-order chi connectivity index (χ1) is 21.9. The normalized spacial score (nSPS) is 11.4. The van der Waals surface area contributed by atoms with Gasteiger partial charge in [-0.05, 0) is 83.1 Å². The summed E-state index contributed by atoms with van der Waals surface area (Å²) in [6.45, 7) is 16.7. The number of hydrogen-bond acceptors (Lipinski definition) is 16. The van der Waals surface area contributed by atoms with Gasteiger partial charge in [0.25, 0.3) is 0 Å². The summed E-state index contributed by atoms with van der Waals surface area (Å²) in [5, 5.41) is 83.0. The summed E-state index contributed by atoms with van der Waals surface area (Å²) >= 11 is 22.5. The molecule has 0 aromatic rings. The van der Waals surface area contributed by atoms with Crippen molar-refractivity contribution in [1.29, 1.82) is 0 Å². The second-order valence-corrected chi connectivity index (χ2v) is 20.0. The van der Waals surface area contributed by atoms with Crippen molar-refractivity contribution in [2.24, 2.45) is 5.41 Å². The highest BCUT2D eigenvalue weighted by Gasteiger charge is 2.27. The maximum atomic E-state index is 9.94. The lowest BCUT2D eigenvalue weighted by molar-refractivity contribution is -0.139. The van der Waals surface area contributed by atoms with Crippen LogP contribution < -0.4 is 0 Å². The minimum absolute atomic E-state index is 0.406. The fourth-order valence-corrected chi connectivity index (χ4v) is 0.300. The molecule has 22 heteroatoms. The van der Waals surface area contributed by atoms with Crippen molar-refractivity contribution >= 4 is 112 Å². The molecule has 0 fully saturated rings. The number of carbonyl (C=O) groups is 6. The SMILES string of the molecule is CC(C)(S)C(=O)O.CC(C)(S)C(=O)O.CC(C)(S)C(=O)O.CC(C)(S)C(=O)O.CC(C)(S)C(=O)O.CC(C)(S)C(=O)O.OCC(CO)(CO)CO. The second kappa shape index (κ2) is 28.2. The highest BCUT2D eigenvalue weighted by Crippen LogP contribution is 2.13. The molecule has 0 aromatic heterocycles. The van der Waals surface area contributed by atoms with E-state index in [1.807, 2.05) is 0 Å². The van der Waals surface area contributed by atoms with E-state index in [2.05, 4.69) is 75.8 Å². The number of hydrogen-bond donors (Lipinski definition) is 16. The molecule has 0 rings (SSSR count). The van der Waals surface area contributed by atoms with Gasteiger partial charge in [0.1, 0.15) is 28.5 Å². The quantitative estimate of drug-likeness (QED) is 0.141. The number of rotatable bonds is 10. The first kappa shape index (κ1) is 64.7. The molecule has 0 spiro atoms. The topological polar surface area (TPSA) is 305 Å². The van der Waals surface area contributed by atoms with E-state index in [1.165, 1.54) is 83.1 Å². The van der Waals surface area contributed by atoms with E-state index in [9.17, 15) is 28.8 Å². The molecule has 0 amide bonds. The number of aliphatic hydroxyl groups is 4. The van der Waals surface area contributed by atoms with E-state index >= 15 is 0 Å². The van der Waals surface area contributed by atoms with Crippen LogP contribution in [0, 0.1) is 5.41 Å². The van der Waals surface area contributed by atoms with Gasteiger partial charge in [-0.15, -0.1) is 0 Å². The summed E-state index contributed by atoms with van der Waals surface area (Å²) in [5.41, 5.74) is -1.11. The van der Waals surface area contributed by atoms with Crippen molar-refractivity contribution in [3.63, 3.8) is 0 Å². The summed E-state index contributed by atoms with van der Waals surface area (Å²) in [7, 11) is 0. The Kier molecular flexibility index (Phi) is 35.8. The number of thiol groups is 6. The van der Waals surface area contributed by atoms with Crippen LogP contribution in [0.15, 0.2) is 0 Å². The molecule has 51 heavy (non-hydrogen) atoms. The van der Waals surface area contributed by atoms with E-state index < -0.39 is 96.1 Å². The van der Waals surface area contributed by atoms with Crippen LogP contribution in [0.25, 0.3) is 0 Å². The zero-order valence-electron chi connectivity index (χ0n) is 30.9. The summed E-state index contributed by atoms with van der Waals surface area (Å²) in [4.78, 5) is 59.7. The molecule has 0 heterocycles. The van der Waals surface area contributed by atoms with Crippen LogP contribution in [0.4, 0.5) is 0 Å². The largest absolute Gasteiger partial charge is 0.480 e. The number of carboxylic acid groups (broad SMARTS) is 6. The Morgan fingerprint density at radius 1 is 0.314 bits per heavy atom. The summed E-state index contributed by atoms with van der Waals surface area (Å²) in [6, 6.07) is 0. The van der Waals surface area contributed by atoms with Gasteiger partial charge in [0.2, 0.25) is 0 Å². The Bertz CT molecular complexity index is 821. The van der Waals surface area contributed by atoms with Gasteiger partial charge in [-0.3, -0.25) is 28.8 Å². The lowest BCUT2D eigenvalue weighted by Gasteiger charge is -2.23. The minimum atomic E-state index is -1.11. The molecule has 16 nitrogen and oxygen atoms in total. The second-order valence-electron chi connectivity index (χ2n) is 13.3. The molecule has 0 aliphatic rings. The van der Waals surface area contributed by atoms with Gasteiger partial charge in [0, 0.05) is 0 Å². The zero-order chi connectivity index (χ0) is 43.8. The average Bonchev–Trinajstić information content (AvgIpc) is 2.89. The Hall–Kier alpha value is -1.24. The average molecular weight is 857 g/mol. The van der Waals surface area contributed by atoms with Crippen molar-refractivity contribution in [1.82, 2.24) is 0 Å². The van der Waals surface area contributed by atoms with Crippen molar-refractivity contribution in [2.75, 3.05) is 26.4 Å². The molecule has 0 bridgehead atoms. The lowest BCUT2D eigenvalue weighted by Crippen LogP contribution is -2.37. The van der Waals surface area contributed by atoms with Gasteiger partial charge in [-0.2, -0.15) is 75.8 Å².